The van der Waals surface area contributed by atoms with Gasteiger partial charge in [-0.15, -0.1) is 0 Å². The molecule has 1 heterocycles. The van der Waals surface area contributed by atoms with Crippen LogP contribution in [0, 0.1) is 0 Å². The van der Waals surface area contributed by atoms with Gasteiger partial charge in [0.1, 0.15) is 4.32 Å². The highest BCUT2D eigenvalue weighted by Crippen LogP contribution is 2.34. The van der Waals surface area contributed by atoms with Crippen LogP contribution < -0.4 is 0 Å². The number of aromatic nitrogens is 1. The second-order valence-corrected chi connectivity index (χ2v) is 4.05. The Morgan fingerprint density at radius 1 is 1.62 bits per heavy atom. The molecule has 0 aliphatic rings. The van der Waals surface area contributed by atoms with Crippen molar-refractivity contribution in [3.63, 3.8) is 0 Å². The van der Waals surface area contributed by atoms with Gasteiger partial charge in [0, 0.05) is 12.4 Å². The number of rotatable bonds is 3. The number of pyridine rings is 1. The van der Waals surface area contributed by atoms with Crippen LogP contribution in [0.1, 0.15) is 18.9 Å². The maximum atomic E-state index is 11.0. The zero-order valence-electron chi connectivity index (χ0n) is 7.20. The number of carbonyl (C=O) groups is 1. The van der Waals surface area contributed by atoms with Crippen molar-refractivity contribution < 1.29 is 9.90 Å². The third-order valence-electron chi connectivity index (χ3n) is 1.96. The predicted molar refractivity (Wildman–Crippen MR) is 52.8 cm³/mol. The predicted octanol–water partition coefficient (Wildman–Crippen LogP) is 2.17. The molecule has 0 aliphatic heterocycles. The zero-order chi connectivity index (χ0) is 9.90. The first-order chi connectivity index (χ1) is 6.11. The van der Waals surface area contributed by atoms with Crippen molar-refractivity contribution in [2.75, 3.05) is 0 Å². The van der Waals surface area contributed by atoms with Crippen LogP contribution in [0.2, 0.25) is 0 Å². The molecule has 1 unspecified atom stereocenters. The zero-order valence-corrected chi connectivity index (χ0v) is 8.78. The molecule has 13 heavy (non-hydrogen) atoms. The molecular formula is C9H10BrNO2. The van der Waals surface area contributed by atoms with Gasteiger partial charge in [0.2, 0.25) is 0 Å². The molecule has 0 radical (unpaired) electrons. The van der Waals surface area contributed by atoms with Crippen molar-refractivity contribution in [2.24, 2.45) is 0 Å². The van der Waals surface area contributed by atoms with Gasteiger partial charge in [0.05, 0.1) is 0 Å². The second-order valence-electron chi connectivity index (χ2n) is 2.70. The van der Waals surface area contributed by atoms with E-state index in [1.165, 1.54) is 0 Å². The SMILES string of the molecule is CCC(Br)(C(=O)O)c1ccncc1. The summed E-state index contributed by atoms with van der Waals surface area (Å²) in [4.78, 5) is 14.8. The van der Waals surface area contributed by atoms with Gasteiger partial charge in [0.15, 0.2) is 0 Å². The number of carboxylic acids is 1. The monoisotopic (exact) mass is 243 g/mol. The Morgan fingerprint density at radius 3 is 2.54 bits per heavy atom. The van der Waals surface area contributed by atoms with Crippen LogP contribution in [-0.4, -0.2) is 16.1 Å². The molecule has 0 saturated carbocycles. The van der Waals surface area contributed by atoms with E-state index in [9.17, 15) is 4.79 Å². The van der Waals surface area contributed by atoms with Gasteiger partial charge in [-0.1, -0.05) is 22.9 Å². The second kappa shape index (κ2) is 3.87. The van der Waals surface area contributed by atoms with E-state index in [0.29, 0.717) is 6.42 Å². The number of nitrogens with zero attached hydrogens (tertiary/aromatic N) is 1. The van der Waals surface area contributed by atoms with Gasteiger partial charge < -0.3 is 5.11 Å². The largest absolute Gasteiger partial charge is 0.480 e. The molecule has 70 valence electrons. The Morgan fingerprint density at radius 2 is 2.15 bits per heavy atom. The maximum Gasteiger partial charge on any atom is 0.324 e. The molecule has 0 amide bonds. The molecule has 0 bridgehead atoms. The highest BCUT2D eigenvalue weighted by atomic mass is 79.9. The lowest BCUT2D eigenvalue weighted by atomic mass is 9.98. The quantitative estimate of drug-likeness (QED) is 0.829. The van der Waals surface area contributed by atoms with Crippen LogP contribution in [-0.2, 0) is 9.12 Å². The van der Waals surface area contributed by atoms with Gasteiger partial charge in [-0.25, -0.2) is 0 Å². The minimum atomic E-state index is -0.976. The summed E-state index contributed by atoms with van der Waals surface area (Å²) in [6.45, 7) is 1.82. The summed E-state index contributed by atoms with van der Waals surface area (Å²) < 4.78 is -0.976. The van der Waals surface area contributed by atoms with Crippen molar-refractivity contribution >= 4 is 21.9 Å². The molecule has 3 nitrogen and oxygen atoms in total. The van der Waals surface area contributed by atoms with E-state index in [2.05, 4.69) is 20.9 Å². The number of alkyl halides is 1. The molecule has 0 aromatic carbocycles. The number of hydrogen-bond donors (Lipinski definition) is 1. The normalized spacial score (nSPS) is 14.9. The van der Waals surface area contributed by atoms with Gasteiger partial charge in [-0.2, -0.15) is 0 Å². The Kier molecular flexibility index (Phi) is 3.03. The molecule has 1 atom stereocenters. The topological polar surface area (TPSA) is 50.2 Å². The van der Waals surface area contributed by atoms with E-state index < -0.39 is 10.3 Å². The summed E-state index contributed by atoms with van der Waals surface area (Å²) in [6.07, 6.45) is 3.67. The Labute approximate surface area is 84.9 Å². The van der Waals surface area contributed by atoms with Gasteiger partial charge in [0.25, 0.3) is 0 Å². The number of halogens is 1. The molecule has 4 heteroatoms. The van der Waals surface area contributed by atoms with Gasteiger partial charge in [-0.05, 0) is 24.1 Å². The van der Waals surface area contributed by atoms with Crippen molar-refractivity contribution in [3.8, 4) is 0 Å². The van der Waals surface area contributed by atoms with Gasteiger partial charge >= 0.3 is 5.97 Å². The van der Waals surface area contributed by atoms with E-state index in [0.717, 1.165) is 5.56 Å². The molecular weight excluding hydrogens is 234 g/mol. The van der Waals surface area contributed by atoms with E-state index in [1.54, 1.807) is 24.5 Å². The molecule has 0 fully saturated rings. The van der Waals surface area contributed by atoms with Crippen molar-refractivity contribution in [1.29, 1.82) is 0 Å². The summed E-state index contributed by atoms with van der Waals surface area (Å²) in [5.74, 6) is -0.874. The van der Waals surface area contributed by atoms with Crippen molar-refractivity contribution in [3.05, 3.63) is 30.1 Å². The molecule has 0 saturated heterocycles. The standard InChI is InChI=1S/C9H10BrNO2/c1-2-9(10,8(12)13)7-3-5-11-6-4-7/h3-6H,2H2,1H3,(H,12,13). The van der Waals surface area contributed by atoms with Crippen LogP contribution in [0.4, 0.5) is 0 Å². The molecule has 1 aromatic rings. The van der Waals surface area contributed by atoms with Crippen LogP contribution in [0.5, 0.6) is 0 Å². The van der Waals surface area contributed by atoms with Gasteiger partial charge in [-0.3, -0.25) is 9.78 Å². The lowest BCUT2D eigenvalue weighted by Crippen LogP contribution is -2.28. The first-order valence-electron chi connectivity index (χ1n) is 3.94. The molecule has 1 N–H and O–H groups in total. The van der Waals surface area contributed by atoms with Crippen LogP contribution in [0.25, 0.3) is 0 Å². The Hall–Kier alpha value is -0.900. The highest BCUT2D eigenvalue weighted by Gasteiger charge is 2.35. The van der Waals surface area contributed by atoms with Crippen LogP contribution in [0.3, 0.4) is 0 Å². The summed E-state index contributed by atoms with van der Waals surface area (Å²) in [6, 6.07) is 3.40. The minimum absolute atomic E-state index is 0.492. The smallest absolute Gasteiger partial charge is 0.324 e. The van der Waals surface area contributed by atoms with Crippen molar-refractivity contribution in [1.82, 2.24) is 4.98 Å². The first kappa shape index (κ1) is 10.2. The number of carboxylic acid groups (broad SMARTS) is 1. The summed E-state index contributed by atoms with van der Waals surface area (Å²) in [5, 5.41) is 9.02. The van der Waals surface area contributed by atoms with Crippen LogP contribution in [0.15, 0.2) is 24.5 Å². The molecule has 0 spiro atoms. The molecule has 0 aliphatic carbocycles. The van der Waals surface area contributed by atoms with E-state index in [4.69, 9.17) is 5.11 Å². The fraction of sp³-hybridized carbons (Fsp3) is 0.333. The number of hydrogen-bond acceptors (Lipinski definition) is 2. The third-order valence-corrected chi connectivity index (χ3v) is 3.32. The Bertz CT molecular complexity index is 302. The summed E-state index contributed by atoms with van der Waals surface area (Å²) >= 11 is 3.23. The third kappa shape index (κ3) is 1.88. The van der Waals surface area contributed by atoms with Crippen LogP contribution >= 0.6 is 15.9 Å². The van der Waals surface area contributed by atoms with E-state index in [1.807, 2.05) is 6.92 Å². The fourth-order valence-electron chi connectivity index (χ4n) is 1.09. The molecule has 1 rings (SSSR count). The average molecular weight is 244 g/mol. The highest BCUT2D eigenvalue weighted by molar-refractivity contribution is 9.10. The lowest BCUT2D eigenvalue weighted by molar-refractivity contribution is -0.140. The maximum absolute atomic E-state index is 11.0. The fourth-order valence-corrected chi connectivity index (χ4v) is 1.36. The average Bonchev–Trinajstić information content (AvgIpc) is 2.17. The minimum Gasteiger partial charge on any atom is -0.480 e. The summed E-state index contributed by atoms with van der Waals surface area (Å²) in [5.41, 5.74) is 0.720. The first-order valence-corrected chi connectivity index (χ1v) is 4.73. The lowest BCUT2D eigenvalue weighted by Gasteiger charge is -2.20. The Balaban J connectivity index is 3.11. The van der Waals surface area contributed by atoms with Crippen molar-refractivity contribution in [2.45, 2.75) is 17.7 Å². The van der Waals surface area contributed by atoms with E-state index >= 15 is 0 Å². The van der Waals surface area contributed by atoms with E-state index in [-0.39, 0.29) is 0 Å². The summed E-state index contributed by atoms with van der Waals surface area (Å²) in [7, 11) is 0. The number of aliphatic carboxylic acids is 1. The molecule has 1 aromatic heterocycles.